The van der Waals surface area contributed by atoms with Gasteiger partial charge in [-0.15, -0.1) is 11.3 Å². The average molecular weight is 350 g/mol. The summed E-state index contributed by atoms with van der Waals surface area (Å²) >= 11 is 5.01. The Morgan fingerprint density at radius 1 is 1.45 bits per heavy atom. The number of aromatic nitrogens is 1. The number of pyridine rings is 1. The van der Waals surface area contributed by atoms with Crippen LogP contribution in [0.1, 0.15) is 20.9 Å². The first-order valence-electron chi connectivity index (χ1n) is 5.86. The Balaban J connectivity index is 1.97. The second-order valence-corrected chi connectivity index (χ2v) is 5.67. The van der Waals surface area contributed by atoms with E-state index >= 15 is 0 Å². The van der Waals surface area contributed by atoms with Gasteiger partial charge in [0, 0.05) is 21.1 Å². The summed E-state index contributed by atoms with van der Waals surface area (Å²) in [6.45, 7) is 0.783. The van der Waals surface area contributed by atoms with Gasteiger partial charge in [-0.2, -0.15) is 0 Å². The van der Waals surface area contributed by atoms with Crippen LogP contribution in [0.3, 0.4) is 0 Å². The highest BCUT2D eigenvalue weighted by Gasteiger charge is 2.08. The van der Waals surface area contributed by atoms with Crippen LogP contribution >= 0.6 is 27.3 Å². The molecule has 2 aromatic rings. The number of carbonyl (C=O) groups is 1. The Morgan fingerprint density at radius 2 is 2.30 bits per heavy atom. The molecule has 102 valence electrons. The fraction of sp³-hybridized carbons (Fsp3) is 0.143. The minimum Gasteiger partial charge on any atom is -0.346 e. The minimum atomic E-state index is -0.205. The molecule has 2 rings (SSSR count). The van der Waals surface area contributed by atoms with Gasteiger partial charge in [-0.25, -0.2) is 4.98 Å². The predicted molar refractivity (Wildman–Crippen MR) is 83.4 cm³/mol. The summed E-state index contributed by atoms with van der Waals surface area (Å²) in [6, 6.07) is 5.36. The van der Waals surface area contributed by atoms with Crippen molar-refractivity contribution in [1.82, 2.24) is 10.3 Å². The quantitative estimate of drug-likeness (QED) is 0.834. The molecule has 4 nitrogen and oxygen atoms in total. The minimum absolute atomic E-state index is 0.205. The molecule has 0 saturated carbocycles. The zero-order chi connectivity index (χ0) is 14.4. The van der Waals surface area contributed by atoms with Gasteiger partial charge in [-0.3, -0.25) is 4.79 Å². The molecule has 0 radical (unpaired) electrons. The van der Waals surface area contributed by atoms with Crippen LogP contribution in [-0.2, 0) is 6.54 Å². The van der Waals surface area contributed by atoms with Gasteiger partial charge in [0.25, 0.3) is 5.91 Å². The van der Waals surface area contributed by atoms with E-state index in [0.717, 1.165) is 14.9 Å². The lowest BCUT2D eigenvalue weighted by atomic mass is 10.2. The molecule has 0 aliphatic carbocycles. The maximum Gasteiger partial charge on any atom is 0.270 e. The number of nitrogens with zero attached hydrogens (tertiary/aromatic N) is 1. The predicted octanol–water partition coefficient (Wildman–Crippen LogP) is 2.15. The monoisotopic (exact) mass is 349 g/mol. The van der Waals surface area contributed by atoms with Gasteiger partial charge in [0.1, 0.15) is 5.69 Å². The average Bonchev–Trinajstić information content (AvgIpc) is 2.88. The van der Waals surface area contributed by atoms with Crippen molar-refractivity contribution in [2.24, 2.45) is 5.73 Å². The van der Waals surface area contributed by atoms with Crippen LogP contribution in [0.4, 0.5) is 0 Å². The zero-order valence-electron chi connectivity index (χ0n) is 10.5. The molecule has 1 amide bonds. The van der Waals surface area contributed by atoms with Crippen molar-refractivity contribution >= 4 is 33.2 Å². The molecule has 0 bridgehead atoms. The van der Waals surface area contributed by atoms with Crippen molar-refractivity contribution in [3.63, 3.8) is 0 Å². The standard InChI is InChI=1S/C14H12BrN3OS/c15-11-5-7-20-13(11)9-18-14(19)12-4-3-10(8-17-12)2-1-6-16/h3-5,7-8H,6,9,16H2,(H,18,19). The SMILES string of the molecule is NCC#Cc1ccc(C(=O)NCc2sccc2Br)nc1. The number of amides is 1. The van der Waals surface area contributed by atoms with E-state index in [-0.39, 0.29) is 5.91 Å². The van der Waals surface area contributed by atoms with Gasteiger partial charge in [-0.05, 0) is 39.5 Å². The van der Waals surface area contributed by atoms with Crippen LogP contribution in [0.2, 0.25) is 0 Å². The lowest BCUT2D eigenvalue weighted by molar-refractivity contribution is 0.0946. The van der Waals surface area contributed by atoms with Crippen LogP contribution in [0.15, 0.2) is 34.2 Å². The molecule has 0 unspecified atom stereocenters. The number of nitrogens with one attached hydrogen (secondary N) is 1. The first-order chi connectivity index (χ1) is 9.70. The third-order valence-corrected chi connectivity index (χ3v) is 4.36. The molecule has 2 aromatic heterocycles. The topological polar surface area (TPSA) is 68.0 Å². The third kappa shape index (κ3) is 3.90. The van der Waals surface area contributed by atoms with Crippen LogP contribution < -0.4 is 11.1 Å². The van der Waals surface area contributed by atoms with Gasteiger partial charge in [0.2, 0.25) is 0 Å². The fourth-order valence-electron chi connectivity index (χ4n) is 1.46. The maximum atomic E-state index is 11.9. The molecule has 0 aliphatic heterocycles. The Hall–Kier alpha value is -1.68. The number of hydrogen-bond acceptors (Lipinski definition) is 4. The van der Waals surface area contributed by atoms with Crippen molar-refractivity contribution in [1.29, 1.82) is 0 Å². The van der Waals surface area contributed by atoms with E-state index in [4.69, 9.17) is 5.73 Å². The van der Waals surface area contributed by atoms with Gasteiger partial charge in [0.15, 0.2) is 0 Å². The number of carbonyl (C=O) groups excluding carboxylic acids is 1. The number of hydrogen-bond donors (Lipinski definition) is 2. The van der Waals surface area contributed by atoms with E-state index in [1.165, 1.54) is 0 Å². The zero-order valence-corrected chi connectivity index (χ0v) is 12.9. The summed E-state index contributed by atoms with van der Waals surface area (Å²) in [6.07, 6.45) is 1.57. The molecule has 0 aliphatic rings. The molecule has 0 fully saturated rings. The second kappa shape index (κ2) is 7.20. The lowest BCUT2D eigenvalue weighted by Gasteiger charge is -2.03. The summed E-state index contributed by atoms with van der Waals surface area (Å²) < 4.78 is 1.00. The fourth-order valence-corrected chi connectivity index (χ4v) is 2.89. The summed E-state index contributed by atoms with van der Waals surface area (Å²) in [5.41, 5.74) is 6.41. The smallest absolute Gasteiger partial charge is 0.270 e. The summed E-state index contributed by atoms with van der Waals surface area (Å²) in [7, 11) is 0. The number of halogens is 1. The molecule has 0 spiro atoms. The van der Waals surface area contributed by atoms with Crippen LogP contribution in [0.5, 0.6) is 0 Å². The number of rotatable bonds is 3. The Morgan fingerprint density at radius 3 is 2.90 bits per heavy atom. The third-order valence-electron chi connectivity index (χ3n) is 2.43. The normalized spacial score (nSPS) is 9.70. The van der Waals surface area contributed by atoms with E-state index < -0.39 is 0 Å². The molecular formula is C14H12BrN3OS. The van der Waals surface area contributed by atoms with Gasteiger partial charge >= 0.3 is 0 Å². The second-order valence-electron chi connectivity index (χ2n) is 3.81. The highest BCUT2D eigenvalue weighted by Crippen LogP contribution is 2.22. The molecule has 0 saturated heterocycles. The molecular weight excluding hydrogens is 338 g/mol. The molecule has 6 heteroatoms. The highest BCUT2D eigenvalue weighted by atomic mass is 79.9. The number of nitrogens with two attached hydrogens (primary N) is 1. The molecule has 2 heterocycles. The molecule has 0 atom stereocenters. The van der Waals surface area contributed by atoms with Crippen LogP contribution in [-0.4, -0.2) is 17.4 Å². The Labute approximate surface area is 129 Å². The van der Waals surface area contributed by atoms with Crippen molar-refractivity contribution in [2.75, 3.05) is 6.54 Å². The van der Waals surface area contributed by atoms with E-state index in [2.05, 4.69) is 38.1 Å². The van der Waals surface area contributed by atoms with Crippen molar-refractivity contribution in [3.8, 4) is 11.8 Å². The highest BCUT2D eigenvalue weighted by molar-refractivity contribution is 9.10. The van der Waals surface area contributed by atoms with E-state index in [1.54, 1.807) is 29.7 Å². The van der Waals surface area contributed by atoms with Gasteiger partial charge in [-0.1, -0.05) is 11.8 Å². The Bertz CT molecular complexity index is 655. The maximum absolute atomic E-state index is 11.9. The molecule has 20 heavy (non-hydrogen) atoms. The molecule has 0 aromatic carbocycles. The van der Waals surface area contributed by atoms with Crippen LogP contribution in [0.25, 0.3) is 0 Å². The first-order valence-corrected chi connectivity index (χ1v) is 7.53. The summed E-state index contributed by atoms with van der Waals surface area (Å²) in [5, 5.41) is 4.79. The summed E-state index contributed by atoms with van der Waals surface area (Å²) in [5.74, 6) is 5.39. The Kier molecular flexibility index (Phi) is 5.30. The van der Waals surface area contributed by atoms with E-state index in [1.807, 2.05) is 11.4 Å². The van der Waals surface area contributed by atoms with E-state index in [0.29, 0.717) is 18.8 Å². The molecule has 3 N–H and O–H groups in total. The van der Waals surface area contributed by atoms with Crippen molar-refractivity contribution in [3.05, 3.63) is 50.4 Å². The number of thiophene rings is 1. The first kappa shape index (κ1) is 14.7. The summed E-state index contributed by atoms with van der Waals surface area (Å²) in [4.78, 5) is 17.1. The van der Waals surface area contributed by atoms with Gasteiger partial charge < -0.3 is 11.1 Å². The van der Waals surface area contributed by atoms with Crippen molar-refractivity contribution in [2.45, 2.75) is 6.54 Å². The lowest BCUT2D eigenvalue weighted by Crippen LogP contribution is -2.23. The van der Waals surface area contributed by atoms with Gasteiger partial charge in [0.05, 0.1) is 13.1 Å². The van der Waals surface area contributed by atoms with Crippen molar-refractivity contribution < 1.29 is 4.79 Å². The largest absolute Gasteiger partial charge is 0.346 e. The van der Waals surface area contributed by atoms with Crippen LogP contribution in [0, 0.1) is 11.8 Å². The van der Waals surface area contributed by atoms with E-state index in [9.17, 15) is 4.79 Å².